The van der Waals surface area contributed by atoms with Crippen molar-refractivity contribution in [2.24, 2.45) is 0 Å². The fraction of sp³-hybridized carbons (Fsp3) is 0.417. The van der Waals surface area contributed by atoms with Crippen LogP contribution in [0.4, 0.5) is 0 Å². The van der Waals surface area contributed by atoms with Gasteiger partial charge in [-0.1, -0.05) is 23.7 Å². The van der Waals surface area contributed by atoms with Gasteiger partial charge in [-0.2, -0.15) is 0 Å². The number of aryl methyl sites for hydroxylation is 2. The molecule has 0 unspecified atom stereocenters. The fourth-order valence-electron chi connectivity index (χ4n) is 3.13. The van der Waals surface area contributed by atoms with Gasteiger partial charge in [-0.05, 0) is 75.6 Å². The molecule has 0 bridgehead atoms. The van der Waals surface area contributed by atoms with Crippen molar-refractivity contribution in [3.05, 3.63) is 58.1 Å². The second kappa shape index (κ2) is 11.0. The predicted octanol–water partition coefficient (Wildman–Crippen LogP) is 4.29. The van der Waals surface area contributed by atoms with E-state index in [9.17, 15) is 9.59 Å². The fourth-order valence-corrected chi connectivity index (χ4v) is 3.24. The van der Waals surface area contributed by atoms with Gasteiger partial charge in [0.05, 0.1) is 7.11 Å². The van der Waals surface area contributed by atoms with Gasteiger partial charge in [0.15, 0.2) is 6.61 Å². The average Bonchev–Trinajstić information content (AvgIpc) is 2.73. The molecule has 0 saturated heterocycles. The molecule has 168 valence electrons. The summed E-state index contributed by atoms with van der Waals surface area (Å²) >= 11 is 6.21. The van der Waals surface area contributed by atoms with E-state index in [1.165, 1.54) is 4.90 Å². The summed E-state index contributed by atoms with van der Waals surface area (Å²) in [6.07, 6.45) is 0. The minimum Gasteiger partial charge on any atom is -0.497 e. The smallest absolute Gasteiger partial charge is 0.261 e. The monoisotopic (exact) mass is 446 g/mol. The first-order valence-corrected chi connectivity index (χ1v) is 10.6. The molecule has 31 heavy (non-hydrogen) atoms. The summed E-state index contributed by atoms with van der Waals surface area (Å²) in [4.78, 5) is 27.2. The maximum Gasteiger partial charge on any atom is 0.261 e. The number of nitrogens with zero attached hydrogens (tertiary/aromatic N) is 1. The highest BCUT2D eigenvalue weighted by Crippen LogP contribution is 2.26. The Morgan fingerprint density at radius 2 is 1.61 bits per heavy atom. The quantitative estimate of drug-likeness (QED) is 0.624. The number of ether oxygens (including phenoxy) is 2. The normalized spacial score (nSPS) is 11.7. The van der Waals surface area contributed by atoms with Crippen molar-refractivity contribution in [2.75, 3.05) is 13.7 Å². The molecular weight excluding hydrogens is 416 g/mol. The summed E-state index contributed by atoms with van der Waals surface area (Å²) in [5.74, 6) is 0.794. The zero-order valence-corrected chi connectivity index (χ0v) is 19.7. The van der Waals surface area contributed by atoms with Gasteiger partial charge in [0, 0.05) is 17.6 Å². The SMILES string of the molecule is COc1ccc(CN(C(=O)COc2cc(C)c(Cl)c(C)c2)[C@H](C)C(=O)NC(C)C)cc1. The van der Waals surface area contributed by atoms with Gasteiger partial charge in [0.2, 0.25) is 5.91 Å². The molecular formula is C24H31ClN2O4. The Morgan fingerprint density at radius 1 is 1.03 bits per heavy atom. The van der Waals surface area contributed by atoms with E-state index in [-0.39, 0.29) is 31.0 Å². The van der Waals surface area contributed by atoms with Crippen molar-refractivity contribution >= 4 is 23.4 Å². The largest absolute Gasteiger partial charge is 0.497 e. The molecule has 1 atom stereocenters. The molecule has 0 aliphatic rings. The Balaban J connectivity index is 2.18. The number of carbonyl (C=O) groups is 2. The minimum atomic E-state index is -0.658. The van der Waals surface area contributed by atoms with Gasteiger partial charge in [-0.15, -0.1) is 0 Å². The van der Waals surface area contributed by atoms with Crippen molar-refractivity contribution < 1.29 is 19.1 Å². The molecule has 0 spiro atoms. The molecule has 0 aliphatic carbocycles. The van der Waals surface area contributed by atoms with E-state index < -0.39 is 6.04 Å². The van der Waals surface area contributed by atoms with Crippen LogP contribution >= 0.6 is 11.6 Å². The molecule has 0 aromatic heterocycles. The number of nitrogens with one attached hydrogen (secondary N) is 1. The van der Waals surface area contributed by atoms with Crippen molar-refractivity contribution in [3.63, 3.8) is 0 Å². The summed E-state index contributed by atoms with van der Waals surface area (Å²) < 4.78 is 10.9. The lowest BCUT2D eigenvalue weighted by Crippen LogP contribution is -2.50. The zero-order valence-electron chi connectivity index (χ0n) is 19.0. The Kier molecular flexibility index (Phi) is 8.75. The molecule has 6 nitrogen and oxygen atoms in total. The molecule has 2 rings (SSSR count). The second-order valence-electron chi connectivity index (χ2n) is 7.87. The number of benzene rings is 2. The summed E-state index contributed by atoms with van der Waals surface area (Å²) in [6.45, 7) is 9.35. The molecule has 1 N–H and O–H groups in total. The highest BCUT2D eigenvalue weighted by atomic mass is 35.5. The van der Waals surface area contributed by atoms with Gasteiger partial charge >= 0.3 is 0 Å². The summed E-state index contributed by atoms with van der Waals surface area (Å²) in [6, 6.07) is 10.3. The summed E-state index contributed by atoms with van der Waals surface area (Å²) in [5, 5.41) is 3.55. The van der Waals surface area contributed by atoms with Crippen LogP contribution in [0.1, 0.15) is 37.5 Å². The topological polar surface area (TPSA) is 67.9 Å². The molecule has 0 saturated carbocycles. The third kappa shape index (κ3) is 6.89. The van der Waals surface area contributed by atoms with Gasteiger partial charge in [0.25, 0.3) is 5.91 Å². The van der Waals surface area contributed by atoms with E-state index in [1.54, 1.807) is 26.2 Å². The molecule has 2 aromatic rings. The maximum atomic E-state index is 13.1. The molecule has 0 heterocycles. The number of amides is 2. The summed E-state index contributed by atoms with van der Waals surface area (Å²) in [5.41, 5.74) is 2.64. The van der Waals surface area contributed by atoms with Crippen LogP contribution in [0.2, 0.25) is 5.02 Å². The van der Waals surface area contributed by atoms with Gasteiger partial charge in [0.1, 0.15) is 17.5 Å². The van der Waals surface area contributed by atoms with Crippen LogP contribution in [-0.4, -0.2) is 42.5 Å². The molecule has 0 radical (unpaired) electrons. The first-order valence-electron chi connectivity index (χ1n) is 10.2. The zero-order chi connectivity index (χ0) is 23.1. The third-order valence-electron chi connectivity index (χ3n) is 4.88. The number of carbonyl (C=O) groups excluding carboxylic acids is 2. The van der Waals surface area contributed by atoms with E-state index in [4.69, 9.17) is 21.1 Å². The highest BCUT2D eigenvalue weighted by Gasteiger charge is 2.27. The Labute approximate surface area is 189 Å². The van der Waals surface area contributed by atoms with E-state index >= 15 is 0 Å². The molecule has 0 aliphatic heterocycles. The predicted molar refractivity (Wildman–Crippen MR) is 123 cm³/mol. The molecule has 2 aromatic carbocycles. The van der Waals surface area contributed by atoms with Crippen LogP contribution in [0.5, 0.6) is 11.5 Å². The number of hydrogen-bond acceptors (Lipinski definition) is 4. The van der Waals surface area contributed by atoms with E-state index in [2.05, 4.69) is 5.32 Å². The molecule has 7 heteroatoms. The number of rotatable bonds is 9. The number of methoxy groups -OCH3 is 1. The third-order valence-corrected chi connectivity index (χ3v) is 5.48. The van der Waals surface area contributed by atoms with Crippen molar-refractivity contribution in [1.29, 1.82) is 0 Å². The van der Waals surface area contributed by atoms with Crippen LogP contribution in [0.25, 0.3) is 0 Å². The minimum absolute atomic E-state index is 0.0239. The Morgan fingerprint density at radius 3 is 2.13 bits per heavy atom. The van der Waals surface area contributed by atoms with Crippen LogP contribution < -0.4 is 14.8 Å². The van der Waals surface area contributed by atoms with Gasteiger partial charge < -0.3 is 19.7 Å². The van der Waals surface area contributed by atoms with E-state index in [0.29, 0.717) is 10.8 Å². The van der Waals surface area contributed by atoms with Crippen LogP contribution in [0.15, 0.2) is 36.4 Å². The van der Waals surface area contributed by atoms with E-state index in [1.807, 2.05) is 52.0 Å². The van der Waals surface area contributed by atoms with Crippen molar-refractivity contribution in [1.82, 2.24) is 10.2 Å². The Bertz CT molecular complexity index is 889. The van der Waals surface area contributed by atoms with Crippen LogP contribution in [-0.2, 0) is 16.1 Å². The number of hydrogen-bond donors (Lipinski definition) is 1. The summed E-state index contributed by atoms with van der Waals surface area (Å²) in [7, 11) is 1.60. The number of halogens is 1. The highest BCUT2D eigenvalue weighted by molar-refractivity contribution is 6.32. The lowest BCUT2D eigenvalue weighted by Gasteiger charge is -2.29. The maximum absolute atomic E-state index is 13.1. The van der Waals surface area contributed by atoms with Crippen LogP contribution in [0.3, 0.4) is 0 Å². The van der Waals surface area contributed by atoms with Crippen molar-refractivity contribution in [3.8, 4) is 11.5 Å². The van der Waals surface area contributed by atoms with E-state index in [0.717, 1.165) is 22.4 Å². The van der Waals surface area contributed by atoms with Crippen LogP contribution in [0, 0.1) is 13.8 Å². The van der Waals surface area contributed by atoms with Gasteiger partial charge in [-0.3, -0.25) is 9.59 Å². The molecule has 2 amide bonds. The van der Waals surface area contributed by atoms with Crippen molar-refractivity contribution in [2.45, 2.75) is 53.2 Å². The lowest BCUT2D eigenvalue weighted by atomic mass is 10.1. The first-order chi connectivity index (χ1) is 14.6. The Hall–Kier alpha value is -2.73. The standard InChI is InChI=1S/C24H31ClN2O4/c1-15(2)26-24(29)18(5)27(13-19-7-9-20(30-6)10-8-19)22(28)14-31-21-11-16(3)23(25)17(4)12-21/h7-12,15,18H,13-14H2,1-6H3,(H,26,29)/t18-/m1/s1. The molecule has 0 fully saturated rings. The second-order valence-corrected chi connectivity index (χ2v) is 8.25. The average molecular weight is 447 g/mol. The lowest BCUT2D eigenvalue weighted by molar-refractivity contribution is -0.142. The first kappa shape index (κ1) is 24.5. The van der Waals surface area contributed by atoms with Gasteiger partial charge in [-0.25, -0.2) is 0 Å².